The molecule has 186 valence electrons. The summed E-state index contributed by atoms with van der Waals surface area (Å²) in [7, 11) is 0. The number of likely N-dealkylation sites (tertiary alicyclic amines) is 1. The Labute approximate surface area is 204 Å². The van der Waals surface area contributed by atoms with E-state index in [1.165, 1.54) is 0 Å². The van der Waals surface area contributed by atoms with Crippen molar-refractivity contribution < 1.29 is 14.3 Å². The van der Waals surface area contributed by atoms with Crippen LogP contribution < -0.4 is 10.1 Å². The highest BCUT2D eigenvalue weighted by Crippen LogP contribution is 2.24. The van der Waals surface area contributed by atoms with Crippen LogP contribution >= 0.6 is 0 Å². The van der Waals surface area contributed by atoms with Gasteiger partial charge in [-0.2, -0.15) is 5.26 Å². The molecule has 2 amide bonds. The molecule has 34 heavy (non-hydrogen) atoms. The van der Waals surface area contributed by atoms with Crippen LogP contribution in [0.15, 0.2) is 24.3 Å². The smallest absolute Gasteiger partial charge is 0.245 e. The molecular weight excluding hydrogens is 428 g/mol. The molecule has 0 bridgehead atoms. The summed E-state index contributed by atoms with van der Waals surface area (Å²) >= 11 is 0. The number of amides is 2. The van der Waals surface area contributed by atoms with Crippen molar-refractivity contribution in [2.24, 2.45) is 17.8 Å². The van der Waals surface area contributed by atoms with Gasteiger partial charge < -0.3 is 19.9 Å². The number of nitrogens with zero attached hydrogens (tertiary/aromatic N) is 3. The third-order valence-electron chi connectivity index (χ3n) is 6.76. The van der Waals surface area contributed by atoms with Crippen molar-refractivity contribution in [3.63, 3.8) is 0 Å². The number of carbonyl (C=O) groups is 2. The quantitative estimate of drug-likeness (QED) is 0.600. The topological polar surface area (TPSA) is 85.7 Å². The van der Waals surface area contributed by atoms with E-state index in [0.29, 0.717) is 61.7 Å². The van der Waals surface area contributed by atoms with Gasteiger partial charge in [0, 0.05) is 26.2 Å². The molecule has 2 aliphatic rings. The number of nitriles is 1. The van der Waals surface area contributed by atoms with Crippen molar-refractivity contribution in [3.8, 4) is 11.8 Å². The van der Waals surface area contributed by atoms with E-state index in [-0.39, 0.29) is 23.9 Å². The highest BCUT2D eigenvalue weighted by molar-refractivity contribution is 5.90. The summed E-state index contributed by atoms with van der Waals surface area (Å²) < 4.78 is 5.92. The van der Waals surface area contributed by atoms with E-state index >= 15 is 0 Å². The Bertz CT molecular complexity index is 871. The minimum atomic E-state index is -0.384. The molecule has 1 aromatic carbocycles. The third kappa shape index (κ3) is 6.96. The van der Waals surface area contributed by atoms with Gasteiger partial charge in [0.2, 0.25) is 11.8 Å². The summed E-state index contributed by atoms with van der Waals surface area (Å²) in [6, 6.07) is 8.77. The van der Waals surface area contributed by atoms with E-state index in [1.807, 2.05) is 21.9 Å². The average molecular weight is 469 g/mol. The first kappa shape index (κ1) is 26.0. The van der Waals surface area contributed by atoms with E-state index in [1.54, 1.807) is 12.1 Å². The first-order valence-electron chi connectivity index (χ1n) is 12.7. The summed E-state index contributed by atoms with van der Waals surface area (Å²) in [6.45, 7) is 11.8. The number of nitrogens with one attached hydrogen (secondary N) is 1. The molecule has 2 heterocycles. The molecule has 0 radical (unpaired) electrons. The summed E-state index contributed by atoms with van der Waals surface area (Å²) in [5.74, 6) is 1.99. The Morgan fingerprint density at radius 1 is 1.18 bits per heavy atom. The Balaban J connectivity index is 1.58. The Hall–Kier alpha value is -2.59. The summed E-state index contributed by atoms with van der Waals surface area (Å²) in [4.78, 5) is 30.7. The molecule has 3 rings (SSSR count). The van der Waals surface area contributed by atoms with Crippen LogP contribution in [-0.4, -0.2) is 66.5 Å². The Morgan fingerprint density at radius 3 is 2.56 bits per heavy atom. The highest BCUT2D eigenvalue weighted by atomic mass is 16.5. The summed E-state index contributed by atoms with van der Waals surface area (Å²) in [6.07, 6.45) is 3.24. The zero-order chi connectivity index (χ0) is 24.7. The van der Waals surface area contributed by atoms with Crippen LogP contribution in [0, 0.1) is 29.1 Å². The lowest BCUT2D eigenvalue weighted by Crippen LogP contribution is -2.62. The summed E-state index contributed by atoms with van der Waals surface area (Å²) in [5, 5.41) is 12.4. The fourth-order valence-electron chi connectivity index (χ4n) is 4.93. The van der Waals surface area contributed by atoms with Crippen LogP contribution in [0.1, 0.15) is 58.9 Å². The molecule has 1 N–H and O–H groups in total. The molecule has 7 nitrogen and oxygen atoms in total. The molecule has 7 heteroatoms. The molecule has 0 aromatic heterocycles. The van der Waals surface area contributed by atoms with E-state index in [2.05, 4.69) is 39.1 Å². The monoisotopic (exact) mass is 468 g/mol. The number of hydrogen-bond acceptors (Lipinski definition) is 5. The molecule has 0 spiro atoms. The molecule has 2 aliphatic heterocycles. The second kappa shape index (κ2) is 12.2. The normalized spacial score (nSPS) is 20.5. The first-order chi connectivity index (χ1) is 16.3. The minimum absolute atomic E-state index is 0.0711. The number of hydrogen-bond donors (Lipinski definition) is 1. The second-order valence-corrected chi connectivity index (χ2v) is 10.5. The molecule has 1 aromatic rings. The zero-order valence-electron chi connectivity index (χ0n) is 21.1. The van der Waals surface area contributed by atoms with Gasteiger partial charge in [-0.1, -0.05) is 33.8 Å². The van der Waals surface area contributed by atoms with E-state index in [4.69, 9.17) is 10.00 Å². The number of benzene rings is 1. The van der Waals surface area contributed by atoms with Gasteiger partial charge in [0.25, 0.3) is 0 Å². The van der Waals surface area contributed by atoms with Crippen LogP contribution in [0.5, 0.6) is 5.75 Å². The van der Waals surface area contributed by atoms with Crippen LogP contribution in [-0.2, 0) is 9.59 Å². The Morgan fingerprint density at radius 2 is 1.91 bits per heavy atom. The van der Waals surface area contributed by atoms with Gasteiger partial charge in [-0.3, -0.25) is 9.59 Å². The maximum absolute atomic E-state index is 13.6. The zero-order valence-corrected chi connectivity index (χ0v) is 21.1. The van der Waals surface area contributed by atoms with Gasteiger partial charge in [-0.15, -0.1) is 0 Å². The van der Waals surface area contributed by atoms with Crippen molar-refractivity contribution in [3.05, 3.63) is 29.8 Å². The molecule has 0 aliphatic carbocycles. The number of piperidine rings is 1. The minimum Gasteiger partial charge on any atom is -0.493 e. The van der Waals surface area contributed by atoms with Gasteiger partial charge in [-0.25, -0.2) is 0 Å². The largest absolute Gasteiger partial charge is 0.493 e. The Kier molecular flexibility index (Phi) is 9.35. The molecule has 2 fully saturated rings. The van der Waals surface area contributed by atoms with E-state index in [9.17, 15) is 9.59 Å². The van der Waals surface area contributed by atoms with E-state index in [0.717, 1.165) is 25.8 Å². The van der Waals surface area contributed by atoms with Gasteiger partial charge >= 0.3 is 0 Å². The highest BCUT2D eigenvalue weighted by Gasteiger charge is 2.39. The molecule has 2 atom stereocenters. The number of carbonyl (C=O) groups excluding carboxylic acids is 2. The first-order valence-corrected chi connectivity index (χ1v) is 12.7. The molecular formula is C27H40N4O3. The van der Waals surface area contributed by atoms with Crippen LogP contribution in [0.25, 0.3) is 0 Å². The van der Waals surface area contributed by atoms with Gasteiger partial charge in [0.1, 0.15) is 11.8 Å². The van der Waals surface area contributed by atoms with Gasteiger partial charge in [0.05, 0.1) is 24.3 Å². The number of rotatable bonds is 9. The average Bonchev–Trinajstić information content (AvgIpc) is 2.82. The predicted octanol–water partition coefficient (Wildman–Crippen LogP) is 3.44. The lowest BCUT2D eigenvalue weighted by Gasteiger charge is -2.42. The molecule has 0 saturated carbocycles. The van der Waals surface area contributed by atoms with Crippen molar-refractivity contribution in [1.82, 2.24) is 15.1 Å². The van der Waals surface area contributed by atoms with Crippen molar-refractivity contribution >= 4 is 11.8 Å². The fourth-order valence-corrected chi connectivity index (χ4v) is 4.93. The van der Waals surface area contributed by atoms with Gasteiger partial charge in [0.15, 0.2) is 0 Å². The molecule has 2 saturated heterocycles. The van der Waals surface area contributed by atoms with Crippen LogP contribution in [0.4, 0.5) is 0 Å². The fraction of sp³-hybridized carbons (Fsp3) is 0.667. The van der Waals surface area contributed by atoms with E-state index < -0.39 is 0 Å². The lowest BCUT2D eigenvalue weighted by atomic mass is 9.94. The maximum atomic E-state index is 13.6. The van der Waals surface area contributed by atoms with Crippen LogP contribution in [0.3, 0.4) is 0 Å². The number of ether oxygens (including phenoxy) is 1. The van der Waals surface area contributed by atoms with Crippen LogP contribution in [0.2, 0.25) is 0 Å². The standard InChI is InChI=1S/C27H40N4O3/c1-19(2)14-24-26(32)31(13-10-29-24)25(15-20(3)4)27(33)30-11-8-21(9-12-30)18-34-23-7-5-6-22(16-23)17-28/h5-7,16,19-21,24-25,29H,8-15,18H2,1-4H3/t24-,25?/m0/s1. The maximum Gasteiger partial charge on any atom is 0.245 e. The van der Waals surface area contributed by atoms with Crippen molar-refractivity contribution in [2.45, 2.75) is 65.5 Å². The van der Waals surface area contributed by atoms with Crippen molar-refractivity contribution in [2.75, 3.05) is 32.8 Å². The number of piperazine rings is 1. The molecule has 1 unspecified atom stereocenters. The van der Waals surface area contributed by atoms with Gasteiger partial charge in [-0.05, 0) is 61.6 Å². The predicted molar refractivity (Wildman–Crippen MR) is 132 cm³/mol. The SMILES string of the molecule is CC(C)CC(C(=O)N1CCC(COc2cccc(C#N)c2)CC1)N1CCN[C@@H](CC(C)C)C1=O. The third-order valence-corrected chi connectivity index (χ3v) is 6.76. The summed E-state index contributed by atoms with van der Waals surface area (Å²) in [5.41, 5.74) is 0.590. The van der Waals surface area contributed by atoms with Crippen molar-refractivity contribution in [1.29, 1.82) is 5.26 Å². The second-order valence-electron chi connectivity index (χ2n) is 10.5. The lowest BCUT2D eigenvalue weighted by molar-refractivity contribution is -0.150.